The molecule has 1 aliphatic rings. The molecule has 4 heteroatoms. The molecule has 0 radical (unpaired) electrons. The summed E-state index contributed by atoms with van der Waals surface area (Å²) in [5.74, 6) is -1.01. The van der Waals surface area contributed by atoms with Gasteiger partial charge in [0.1, 0.15) is 0 Å². The minimum absolute atomic E-state index is 0.315. The molecule has 0 amide bonds. The number of aliphatic carboxylic acids is 1. The topological polar surface area (TPSA) is 40.5 Å². The Morgan fingerprint density at radius 1 is 1.47 bits per heavy atom. The molecule has 1 aliphatic heterocycles. The van der Waals surface area contributed by atoms with E-state index in [1.807, 2.05) is 19.9 Å². The van der Waals surface area contributed by atoms with Crippen LogP contribution in [0.25, 0.3) is 0 Å². The van der Waals surface area contributed by atoms with Gasteiger partial charge in [-0.15, -0.1) is 0 Å². The van der Waals surface area contributed by atoms with E-state index < -0.39 is 5.97 Å². The molecule has 1 atom stereocenters. The minimum atomic E-state index is -0.690. The summed E-state index contributed by atoms with van der Waals surface area (Å²) in [5.41, 5.74) is 1.95. The van der Waals surface area contributed by atoms with Gasteiger partial charge in [0, 0.05) is 22.2 Å². The van der Waals surface area contributed by atoms with Crippen molar-refractivity contribution in [1.82, 2.24) is 0 Å². The van der Waals surface area contributed by atoms with Crippen LogP contribution in [0, 0.1) is 12.8 Å². The van der Waals surface area contributed by atoms with Gasteiger partial charge in [0.2, 0.25) is 0 Å². The molecule has 2 rings (SSSR count). The van der Waals surface area contributed by atoms with Crippen LogP contribution >= 0.6 is 15.9 Å². The van der Waals surface area contributed by atoms with Gasteiger partial charge in [0.25, 0.3) is 0 Å². The third kappa shape index (κ3) is 2.64. The highest BCUT2D eigenvalue weighted by Crippen LogP contribution is 2.38. The Morgan fingerprint density at radius 2 is 2.16 bits per heavy atom. The molecular formula is C15H20BrNO2. The lowest BCUT2D eigenvalue weighted by Gasteiger charge is -2.48. The third-order valence-corrected chi connectivity index (χ3v) is 4.66. The maximum absolute atomic E-state index is 11.5. The highest BCUT2D eigenvalue weighted by Gasteiger charge is 2.43. The summed E-state index contributed by atoms with van der Waals surface area (Å²) in [6.45, 7) is 7.05. The SMILES string of the molecule is Cc1cc(Br)ccc1N1CCCC(C(=O)O)C1(C)C. The van der Waals surface area contributed by atoms with E-state index in [9.17, 15) is 9.90 Å². The largest absolute Gasteiger partial charge is 0.481 e. The minimum Gasteiger partial charge on any atom is -0.481 e. The van der Waals surface area contributed by atoms with Crippen LogP contribution in [0.3, 0.4) is 0 Å². The van der Waals surface area contributed by atoms with Crippen molar-refractivity contribution >= 4 is 27.6 Å². The number of anilines is 1. The lowest BCUT2D eigenvalue weighted by Crippen LogP contribution is -2.56. The van der Waals surface area contributed by atoms with Gasteiger partial charge in [-0.2, -0.15) is 0 Å². The molecular weight excluding hydrogens is 306 g/mol. The number of aryl methyl sites for hydroxylation is 1. The molecule has 0 saturated carbocycles. The summed E-state index contributed by atoms with van der Waals surface area (Å²) in [5, 5.41) is 9.42. The highest BCUT2D eigenvalue weighted by atomic mass is 79.9. The number of carbonyl (C=O) groups is 1. The molecule has 0 aromatic heterocycles. The van der Waals surface area contributed by atoms with Gasteiger partial charge in [-0.25, -0.2) is 0 Å². The van der Waals surface area contributed by atoms with Crippen LogP contribution in [0.1, 0.15) is 32.3 Å². The van der Waals surface area contributed by atoms with E-state index >= 15 is 0 Å². The predicted octanol–water partition coefficient (Wildman–Crippen LogP) is 3.84. The molecule has 3 nitrogen and oxygen atoms in total. The number of benzene rings is 1. The number of piperidine rings is 1. The van der Waals surface area contributed by atoms with Gasteiger partial charge < -0.3 is 10.0 Å². The smallest absolute Gasteiger partial charge is 0.308 e. The lowest BCUT2D eigenvalue weighted by atomic mass is 9.78. The Labute approximate surface area is 122 Å². The normalized spacial score (nSPS) is 22.3. The molecule has 19 heavy (non-hydrogen) atoms. The zero-order valence-electron chi connectivity index (χ0n) is 11.6. The number of nitrogens with zero attached hydrogens (tertiary/aromatic N) is 1. The van der Waals surface area contributed by atoms with E-state index in [4.69, 9.17) is 0 Å². The van der Waals surface area contributed by atoms with Crippen LogP contribution < -0.4 is 4.90 Å². The first-order valence-electron chi connectivity index (χ1n) is 6.60. The molecule has 0 aliphatic carbocycles. The van der Waals surface area contributed by atoms with Crippen molar-refractivity contribution < 1.29 is 9.90 Å². The van der Waals surface area contributed by atoms with Gasteiger partial charge in [0.15, 0.2) is 0 Å². The first-order chi connectivity index (χ1) is 8.84. The number of carboxylic acid groups (broad SMARTS) is 1. The molecule has 1 unspecified atom stereocenters. The molecule has 1 N–H and O–H groups in total. The van der Waals surface area contributed by atoms with E-state index in [-0.39, 0.29) is 11.5 Å². The van der Waals surface area contributed by atoms with Gasteiger partial charge in [-0.3, -0.25) is 4.79 Å². The second-order valence-corrected chi connectivity index (χ2v) is 6.68. The third-order valence-electron chi connectivity index (χ3n) is 4.17. The van der Waals surface area contributed by atoms with Crippen molar-refractivity contribution in [1.29, 1.82) is 0 Å². The number of halogens is 1. The summed E-state index contributed by atoms with van der Waals surface area (Å²) in [4.78, 5) is 13.7. The van der Waals surface area contributed by atoms with Crippen molar-refractivity contribution in [2.24, 2.45) is 5.92 Å². The summed E-state index contributed by atoms with van der Waals surface area (Å²) >= 11 is 3.47. The summed E-state index contributed by atoms with van der Waals surface area (Å²) in [6, 6.07) is 6.17. The van der Waals surface area contributed by atoms with Crippen LogP contribution in [0.2, 0.25) is 0 Å². The van der Waals surface area contributed by atoms with Crippen molar-refractivity contribution in [2.75, 3.05) is 11.4 Å². The first-order valence-corrected chi connectivity index (χ1v) is 7.40. The quantitative estimate of drug-likeness (QED) is 0.898. The van der Waals surface area contributed by atoms with Crippen molar-refractivity contribution in [3.63, 3.8) is 0 Å². The standard InChI is InChI=1S/C15H20BrNO2/c1-10-9-11(16)6-7-13(10)17-8-4-5-12(14(18)19)15(17,2)3/h6-7,9,12H,4-5,8H2,1-3H3,(H,18,19). The average molecular weight is 326 g/mol. The fourth-order valence-corrected chi connectivity index (χ4v) is 3.54. The van der Waals surface area contributed by atoms with E-state index in [0.29, 0.717) is 0 Å². The van der Waals surface area contributed by atoms with Crippen LogP contribution in [0.4, 0.5) is 5.69 Å². The van der Waals surface area contributed by atoms with Gasteiger partial charge >= 0.3 is 5.97 Å². The average Bonchev–Trinajstić information content (AvgIpc) is 2.29. The molecule has 1 heterocycles. The number of carboxylic acids is 1. The number of hydrogen-bond acceptors (Lipinski definition) is 2. The Hall–Kier alpha value is -1.03. The van der Waals surface area contributed by atoms with Crippen molar-refractivity contribution in [2.45, 2.75) is 39.2 Å². The molecule has 104 valence electrons. The zero-order valence-corrected chi connectivity index (χ0v) is 13.2. The number of rotatable bonds is 2. The lowest BCUT2D eigenvalue weighted by molar-refractivity contribution is -0.144. The number of hydrogen-bond donors (Lipinski definition) is 1. The van der Waals surface area contributed by atoms with Crippen LogP contribution in [-0.2, 0) is 4.79 Å². The summed E-state index contributed by atoms with van der Waals surface area (Å²) < 4.78 is 1.05. The molecule has 0 bridgehead atoms. The predicted molar refractivity (Wildman–Crippen MR) is 80.7 cm³/mol. The second-order valence-electron chi connectivity index (χ2n) is 5.77. The maximum atomic E-state index is 11.5. The highest BCUT2D eigenvalue weighted by molar-refractivity contribution is 9.10. The molecule has 0 spiro atoms. The van der Waals surface area contributed by atoms with E-state index in [1.54, 1.807) is 0 Å². The monoisotopic (exact) mass is 325 g/mol. The van der Waals surface area contributed by atoms with Crippen LogP contribution in [0.5, 0.6) is 0 Å². The van der Waals surface area contributed by atoms with Crippen molar-refractivity contribution in [3.05, 3.63) is 28.2 Å². The Balaban J connectivity index is 2.40. The molecule has 1 aromatic carbocycles. The Bertz CT molecular complexity index is 499. The molecule has 1 aromatic rings. The van der Waals surface area contributed by atoms with Gasteiger partial charge in [-0.1, -0.05) is 15.9 Å². The van der Waals surface area contributed by atoms with E-state index in [0.717, 1.165) is 29.5 Å². The second kappa shape index (κ2) is 5.16. The zero-order chi connectivity index (χ0) is 14.2. The van der Waals surface area contributed by atoms with Crippen LogP contribution in [-0.4, -0.2) is 23.2 Å². The maximum Gasteiger partial charge on any atom is 0.308 e. The Kier molecular flexibility index (Phi) is 3.90. The van der Waals surface area contributed by atoms with Crippen LogP contribution in [0.15, 0.2) is 22.7 Å². The summed E-state index contributed by atoms with van der Waals surface area (Å²) in [7, 11) is 0. The fourth-order valence-electron chi connectivity index (χ4n) is 3.06. The molecule has 1 saturated heterocycles. The van der Waals surface area contributed by atoms with Gasteiger partial charge in [0.05, 0.1) is 5.92 Å². The first kappa shape index (κ1) is 14.4. The summed E-state index contributed by atoms with van der Waals surface area (Å²) in [6.07, 6.45) is 1.68. The van der Waals surface area contributed by atoms with Gasteiger partial charge in [-0.05, 0) is 57.4 Å². The fraction of sp³-hybridized carbons (Fsp3) is 0.533. The molecule has 1 fully saturated rings. The van der Waals surface area contributed by atoms with E-state index in [1.165, 1.54) is 5.56 Å². The van der Waals surface area contributed by atoms with E-state index in [2.05, 4.69) is 39.9 Å². The Morgan fingerprint density at radius 3 is 2.74 bits per heavy atom. The van der Waals surface area contributed by atoms with Crippen molar-refractivity contribution in [3.8, 4) is 0 Å².